The molecule has 2 amide bonds. The van der Waals surface area contributed by atoms with Gasteiger partial charge in [-0.1, -0.05) is 0 Å². The second kappa shape index (κ2) is 8.34. The predicted molar refractivity (Wildman–Crippen MR) is 81.6 cm³/mol. The summed E-state index contributed by atoms with van der Waals surface area (Å²) in [6.45, 7) is 0.0157. The number of alkyl halides is 3. The zero-order valence-electron chi connectivity index (χ0n) is 13.7. The van der Waals surface area contributed by atoms with E-state index in [4.69, 9.17) is 0 Å². The van der Waals surface area contributed by atoms with Gasteiger partial charge >= 0.3 is 11.9 Å². The predicted octanol–water partition coefficient (Wildman–Crippen LogP) is -0.297. The maximum atomic E-state index is 12.1. The lowest BCUT2D eigenvalue weighted by Gasteiger charge is -2.33. The Bertz CT molecular complexity index is 687. The number of hydrogen-bond donors (Lipinski definition) is 5. The minimum absolute atomic E-state index is 0.0157. The summed E-state index contributed by atoms with van der Waals surface area (Å²) in [7, 11) is 0. The molecule has 1 heterocycles. The Morgan fingerprint density at radius 3 is 2.62 bits per heavy atom. The standard InChI is InChI=1S/C14H20F3N5O4/c15-14(16,17)4-3-11(24)19-8-2-1-7(5-9(8)23)12(25)18-6-10-20-13(26)22-21-10/h7-9,23H,1-6H2,(H,18,25)(H,19,24)(H2,20,21,22,26)/t7-,8+,9+/m0/s1. The number of aliphatic hydroxyl groups is 1. The van der Waals surface area contributed by atoms with E-state index < -0.39 is 48.7 Å². The fourth-order valence-electron chi connectivity index (χ4n) is 2.79. The van der Waals surface area contributed by atoms with Crippen molar-refractivity contribution in [3.05, 3.63) is 16.3 Å². The van der Waals surface area contributed by atoms with E-state index in [1.165, 1.54) is 0 Å². The molecule has 1 saturated carbocycles. The van der Waals surface area contributed by atoms with Gasteiger partial charge in [-0.2, -0.15) is 18.3 Å². The molecule has 26 heavy (non-hydrogen) atoms. The quantitative estimate of drug-likeness (QED) is 0.462. The Morgan fingerprint density at radius 2 is 2.04 bits per heavy atom. The van der Waals surface area contributed by atoms with Gasteiger partial charge in [-0.15, -0.1) is 0 Å². The number of aliphatic hydroxyl groups excluding tert-OH is 1. The number of H-pyrrole nitrogens is 2. The summed E-state index contributed by atoms with van der Waals surface area (Å²) in [4.78, 5) is 36.9. The van der Waals surface area contributed by atoms with Crippen LogP contribution in [0.4, 0.5) is 13.2 Å². The van der Waals surface area contributed by atoms with Crippen molar-refractivity contribution in [2.45, 2.75) is 57.0 Å². The zero-order valence-corrected chi connectivity index (χ0v) is 13.7. The Morgan fingerprint density at radius 1 is 1.31 bits per heavy atom. The molecule has 0 aromatic carbocycles. The summed E-state index contributed by atoms with van der Waals surface area (Å²) >= 11 is 0. The van der Waals surface area contributed by atoms with Crippen molar-refractivity contribution in [2.75, 3.05) is 0 Å². The van der Waals surface area contributed by atoms with Crippen molar-refractivity contribution < 1.29 is 27.9 Å². The molecule has 12 heteroatoms. The molecule has 3 atom stereocenters. The van der Waals surface area contributed by atoms with Gasteiger partial charge in [-0.3, -0.25) is 14.6 Å². The molecule has 0 saturated heterocycles. The molecule has 9 nitrogen and oxygen atoms in total. The van der Waals surface area contributed by atoms with Gasteiger partial charge in [0.15, 0.2) is 0 Å². The number of carbonyl (C=O) groups excluding carboxylic acids is 2. The van der Waals surface area contributed by atoms with Crippen molar-refractivity contribution >= 4 is 11.8 Å². The first-order valence-electron chi connectivity index (χ1n) is 8.09. The molecular weight excluding hydrogens is 359 g/mol. The van der Waals surface area contributed by atoms with Crippen LogP contribution in [0.15, 0.2) is 4.79 Å². The molecule has 1 aliphatic rings. The Labute approximate surface area is 145 Å². The van der Waals surface area contributed by atoms with E-state index in [1.807, 2.05) is 0 Å². The lowest BCUT2D eigenvalue weighted by Crippen LogP contribution is -2.49. The third kappa shape index (κ3) is 6.17. The first-order valence-corrected chi connectivity index (χ1v) is 8.09. The van der Waals surface area contributed by atoms with Crippen LogP contribution in [0.1, 0.15) is 37.9 Å². The smallest absolute Gasteiger partial charge is 0.389 e. The van der Waals surface area contributed by atoms with Crippen LogP contribution in [0.5, 0.6) is 0 Å². The average Bonchev–Trinajstić information content (AvgIpc) is 2.97. The Hall–Kier alpha value is -2.37. The molecule has 0 aliphatic heterocycles. The molecule has 1 fully saturated rings. The second-order valence-electron chi connectivity index (χ2n) is 6.21. The van der Waals surface area contributed by atoms with E-state index in [-0.39, 0.29) is 31.1 Å². The van der Waals surface area contributed by atoms with Crippen molar-refractivity contribution in [1.29, 1.82) is 0 Å². The van der Waals surface area contributed by atoms with Crippen LogP contribution in [-0.2, 0) is 16.1 Å². The van der Waals surface area contributed by atoms with E-state index in [9.17, 15) is 32.7 Å². The van der Waals surface area contributed by atoms with E-state index >= 15 is 0 Å². The molecule has 0 unspecified atom stereocenters. The highest BCUT2D eigenvalue weighted by Crippen LogP contribution is 2.26. The van der Waals surface area contributed by atoms with Crippen LogP contribution in [0.3, 0.4) is 0 Å². The maximum absolute atomic E-state index is 12.1. The SMILES string of the molecule is O=C(CCC(F)(F)F)N[C@@H]1CC[C@H](C(=O)NCc2n[nH]c(=O)[nH]2)C[C@H]1O. The van der Waals surface area contributed by atoms with Gasteiger partial charge in [0.25, 0.3) is 0 Å². The lowest BCUT2D eigenvalue weighted by molar-refractivity contribution is -0.145. The van der Waals surface area contributed by atoms with Gasteiger partial charge in [0.1, 0.15) is 5.82 Å². The molecule has 0 bridgehead atoms. The number of nitrogens with zero attached hydrogens (tertiary/aromatic N) is 1. The highest BCUT2D eigenvalue weighted by atomic mass is 19.4. The lowest BCUT2D eigenvalue weighted by atomic mass is 9.83. The van der Waals surface area contributed by atoms with Crippen molar-refractivity contribution in [3.63, 3.8) is 0 Å². The molecule has 0 radical (unpaired) electrons. The normalized spacial score (nSPS) is 23.5. The summed E-state index contributed by atoms with van der Waals surface area (Å²) in [5, 5.41) is 20.8. The molecule has 1 aliphatic carbocycles. The summed E-state index contributed by atoms with van der Waals surface area (Å²) in [5.41, 5.74) is -0.494. The van der Waals surface area contributed by atoms with Gasteiger partial charge in [-0.05, 0) is 19.3 Å². The minimum Gasteiger partial charge on any atom is -0.391 e. The molecule has 1 aromatic rings. The van der Waals surface area contributed by atoms with Gasteiger partial charge in [0.05, 0.1) is 25.1 Å². The van der Waals surface area contributed by atoms with Crippen LogP contribution >= 0.6 is 0 Å². The van der Waals surface area contributed by atoms with E-state index in [0.29, 0.717) is 6.42 Å². The number of aromatic amines is 2. The van der Waals surface area contributed by atoms with Crippen LogP contribution in [0.2, 0.25) is 0 Å². The van der Waals surface area contributed by atoms with Crippen LogP contribution in [0.25, 0.3) is 0 Å². The Kier molecular flexibility index (Phi) is 6.40. The number of carbonyl (C=O) groups is 2. The maximum Gasteiger partial charge on any atom is 0.389 e. The molecule has 146 valence electrons. The van der Waals surface area contributed by atoms with Crippen molar-refractivity contribution in [1.82, 2.24) is 25.8 Å². The zero-order chi connectivity index (χ0) is 19.3. The number of rotatable bonds is 6. The summed E-state index contributed by atoms with van der Waals surface area (Å²) in [5.74, 6) is -1.36. The topological polar surface area (TPSA) is 140 Å². The third-order valence-corrected chi connectivity index (χ3v) is 4.15. The number of aromatic nitrogens is 3. The second-order valence-corrected chi connectivity index (χ2v) is 6.21. The Balaban J connectivity index is 1.75. The highest BCUT2D eigenvalue weighted by Gasteiger charge is 2.34. The van der Waals surface area contributed by atoms with E-state index in [1.54, 1.807) is 0 Å². The van der Waals surface area contributed by atoms with Gasteiger partial charge < -0.3 is 15.7 Å². The molecule has 2 rings (SSSR count). The molecule has 0 spiro atoms. The van der Waals surface area contributed by atoms with Gasteiger partial charge in [-0.25, -0.2) is 9.89 Å². The van der Waals surface area contributed by atoms with Crippen LogP contribution in [-0.4, -0.2) is 50.4 Å². The number of nitrogens with one attached hydrogen (secondary N) is 4. The van der Waals surface area contributed by atoms with Crippen molar-refractivity contribution in [3.8, 4) is 0 Å². The molecule has 5 N–H and O–H groups in total. The first-order chi connectivity index (χ1) is 12.1. The summed E-state index contributed by atoms with van der Waals surface area (Å²) in [6, 6.07) is -0.678. The van der Waals surface area contributed by atoms with E-state index in [2.05, 4.69) is 25.8 Å². The van der Waals surface area contributed by atoms with Crippen molar-refractivity contribution in [2.24, 2.45) is 5.92 Å². The third-order valence-electron chi connectivity index (χ3n) is 4.15. The fourth-order valence-corrected chi connectivity index (χ4v) is 2.79. The average molecular weight is 379 g/mol. The monoisotopic (exact) mass is 379 g/mol. The van der Waals surface area contributed by atoms with E-state index in [0.717, 1.165) is 0 Å². The van der Waals surface area contributed by atoms with Crippen LogP contribution < -0.4 is 16.3 Å². The summed E-state index contributed by atoms with van der Waals surface area (Å²) in [6.07, 6.45) is -6.64. The minimum atomic E-state index is -4.41. The van der Waals surface area contributed by atoms with Gasteiger partial charge in [0.2, 0.25) is 11.8 Å². The van der Waals surface area contributed by atoms with Crippen LogP contribution in [0, 0.1) is 5.92 Å². The highest BCUT2D eigenvalue weighted by molar-refractivity contribution is 5.79. The largest absolute Gasteiger partial charge is 0.391 e. The molecular formula is C14H20F3N5O4. The number of hydrogen-bond acceptors (Lipinski definition) is 5. The van der Waals surface area contributed by atoms with Gasteiger partial charge in [0, 0.05) is 12.3 Å². The number of halogens is 3. The molecule has 1 aromatic heterocycles. The first kappa shape index (κ1) is 19.9. The number of amides is 2. The fraction of sp³-hybridized carbons (Fsp3) is 0.714. The summed E-state index contributed by atoms with van der Waals surface area (Å²) < 4.78 is 36.3.